The number of guanidine groups is 1. The molecule has 0 bridgehead atoms. The summed E-state index contributed by atoms with van der Waals surface area (Å²) in [4.78, 5) is 1.83. The maximum absolute atomic E-state index is 7.34. The van der Waals surface area contributed by atoms with E-state index in [1.807, 2.05) is 4.90 Å². The zero-order chi connectivity index (χ0) is 10.8. The summed E-state index contributed by atoms with van der Waals surface area (Å²) in [5, 5.41) is 7.34. The highest BCUT2D eigenvalue weighted by Gasteiger charge is 2.04. The molecule has 0 aliphatic rings. The Hall–Kier alpha value is -0.810. The first-order chi connectivity index (χ1) is 6.72. The van der Waals surface area contributed by atoms with Crippen molar-refractivity contribution in [3.63, 3.8) is 0 Å². The number of nitrogens with two attached hydrogens (primary N) is 1. The zero-order valence-electron chi connectivity index (χ0n) is 9.08. The molecule has 0 saturated carbocycles. The molecule has 0 radical (unpaired) electrons. The van der Waals surface area contributed by atoms with E-state index in [0.29, 0.717) is 13.2 Å². The molecule has 0 spiro atoms. The van der Waals surface area contributed by atoms with Crippen LogP contribution in [0.3, 0.4) is 0 Å². The quantitative estimate of drug-likeness (QED) is 0.337. The van der Waals surface area contributed by atoms with Crippen molar-refractivity contribution in [3.8, 4) is 0 Å². The maximum Gasteiger partial charge on any atom is 0.188 e. The molecule has 0 aliphatic heterocycles. The fourth-order valence-electron chi connectivity index (χ4n) is 1.15. The Balaban J connectivity index is 3.61. The Morgan fingerprint density at radius 2 is 1.57 bits per heavy atom. The van der Waals surface area contributed by atoms with Crippen LogP contribution in [-0.2, 0) is 9.47 Å². The summed E-state index contributed by atoms with van der Waals surface area (Å²) >= 11 is 0. The molecular formula is C9H21N3O2. The van der Waals surface area contributed by atoms with Crippen molar-refractivity contribution < 1.29 is 9.47 Å². The van der Waals surface area contributed by atoms with Gasteiger partial charge >= 0.3 is 0 Å². The van der Waals surface area contributed by atoms with Gasteiger partial charge in [0.25, 0.3) is 0 Å². The Kier molecular flexibility index (Phi) is 8.27. The van der Waals surface area contributed by atoms with Crippen molar-refractivity contribution in [1.82, 2.24) is 4.90 Å². The summed E-state index contributed by atoms with van der Waals surface area (Å²) in [7, 11) is 3.34. The van der Waals surface area contributed by atoms with Gasteiger partial charge in [-0.15, -0.1) is 0 Å². The van der Waals surface area contributed by atoms with Crippen LogP contribution in [0.25, 0.3) is 0 Å². The summed E-state index contributed by atoms with van der Waals surface area (Å²) in [6.07, 6.45) is 1.78. The third kappa shape index (κ3) is 6.68. The number of hydrogen-bond donors (Lipinski definition) is 2. The van der Waals surface area contributed by atoms with Crippen LogP contribution in [0.4, 0.5) is 0 Å². The van der Waals surface area contributed by atoms with Crippen LogP contribution in [0.1, 0.15) is 12.8 Å². The first kappa shape index (κ1) is 13.2. The summed E-state index contributed by atoms with van der Waals surface area (Å²) in [6, 6.07) is 0. The molecule has 0 unspecified atom stereocenters. The molecule has 0 aromatic heterocycles. The molecule has 0 heterocycles. The second-order valence-corrected chi connectivity index (χ2v) is 3.06. The average molecular weight is 203 g/mol. The van der Waals surface area contributed by atoms with Crippen LogP contribution in [0.5, 0.6) is 0 Å². The minimum absolute atomic E-state index is 0.122. The number of hydrogen-bond acceptors (Lipinski definition) is 3. The normalized spacial score (nSPS) is 10.1. The van der Waals surface area contributed by atoms with E-state index in [9.17, 15) is 0 Å². The minimum Gasteiger partial charge on any atom is -0.385 e. The number of methoxy groups -OCH3 is 2. The number of nitrogens with zero attached hydrogens (tertiary/aromatic N) is 1. The summed E-state index contributed by atoms with van der Waals surface area (Å²) in [5.74, 6) is 0.122. The van der Waals surface area contributed by atoms with Gasteiger partial charge in [-0.25, -0.2) is 0 Å². The highest BCUT2D eigenvalue weighted by atomic mass is 16.5. The van der Waals surface area contributed by atoms with Crippen LogP contribution in [0.15, 0.2) is 0 Å². The third-order valence-electron chi connectivity index (χ3n) is 1.89. The SMILES string of the molecule is COCCCN(CCCOC)C(=N)N. The van der Waals surface area contributed by atoms with Gasteiger partial charge in [0.2, 0.25) is 0 Å². The molecule has 0 aromatic carbocycles. The molecule has 5 heteroatoms. The molecule has 14 heavy (non-hydrogen) atoms. The Bertz CT molecular complexity index is 143. The van der Waals surface area contributed by atoms with Gasteiger partial charge in [0.15, 0.2) is 5.96 Å². The molecule has 84 valence electrons. The number of rotatable bonds is 8. The predicted octanol–water partition coefficient (Wildman–Crippen LogP) is 0.255. The standard InChI is InChI=1S/C9H21N3O2/c1-13-7-3-5-12(9(10)11)6-4-8-14-2/h3-8H2,1-2H3,(H3,10,11). The summed E-state index contributed by atoms with van der Waals surface area (Å²) in [5.41, 5.74) is 5.43. The van der Waals surface area contributed by atoms with Gasteiger partial charge < -0.3 is 20.1 Å². The molecule has 3 N–H and O–H groups in total. The van der Waals surface area contributed by atoms with E-state index in [2.05, 4.69) is 0 Å². The van der Waals surface area contributed by atoms with Crippen molar-refractivity contribution in [3.05, 3.63) is 0 Å². The molecule has 0 atom stereocenters. The van der Waals surface area contributed by atoms with Crippen LogP contribution < -0.4 is 5.73 Å². The first-order valence-corrected chi connectivity index (χ1v) is 4.79. The van der Waals surface area contributed by atoms with Gasteiger partial charge in [-0.1, -0.05) is 0 Å². The smallest absolute Gasteiger partial charge is 0.188 e. The van der Waals surface area contributed by atoms with E-state index in [-0.39, 0.29) is 5.96 Å². The van der Waals surface area contributed by atoms with Crippen molar-refractivity contribution in [1.29, 1.82) is 5.41 Å². The van der Waals surface area contributed by atoms with Crippen LogP contribution in [-0.4, -0.2) is 51.4 Å². The van der Waals surface area contributed by atoms with E-state index in [1.165, 1.54) is 0 Å². The highest BCUT2D eigenvalue weighted by Crippen LogP contribution is 1.94. The molecule has 0 aromatic rings. The van der Waals surface area contributed by atoms with E-state index in [1.54, 1.807) is 14.2 Å². The van der Waals surface area contributed by atoms with E-state index in [0.717, 1.165) is 25.9 Å². The third-order valence-corrected chi connectivity index (χ3v) is 1.89. The average Bonchev–Trinajstić information content (AvgIpc) is 2.15. The highest BCUT2D eigenvalue weighted by molar-refractivity contribution is 5.74. The first-order valence-electron chi connectivity index (χ1n) is 4.79. The Morgan fingerprint density at radius 3 is 1.86 bits per heavy atom. The fourth-order valence-corrected chi connectivity index (χ4v) is 1.15. The lowest BCUT2D eigenvalue weighted by molar-refractivity contribution is 0.173. The second kappa shape index (κ2) is 8.77. The molecule has 0 amide bonds. The van der Waals surface area contributed by atoms with Gasteiger partial charge in [-0.05, 0) is 12.8 Å². The van der Waals surface area contributed by atoms with E-state index in [4.69, 9.17) is 20.6 Å². The van der Waals surface area contributed by atoms with Crippen molar-refractivity contribution >= 4 is 5.96 Å². The van der Waals surface area contributed by atoms with Crippen LogP contribution >= 0.6 is 0 Å². The minimum atomic E-state index is 0.122. The molecule has 0 saturated heterocycles. The Labute approximate surface area is 85.7 Å². The maximum atomic E-state index is 7.34. The largest absolute Gasteiger partial charge is 0.385 e. The lowest BCUT2D eigenvalue weighted by Crippen LogP contribution is -2.38. The molecule has 0 rings (SSSR count). The van der Waals surface area contributed by atoms with Crippen LogP contribution in [0, 0.1) is 5.41 Å². The fraction of sp³-hybridized carbons (Fsp3) is 0.889. The van der Waals surface area contributed by atoms with Gasteiger partial charge in [0.1, 0.15) is 0 Å². The van der Waals surface area contributed by atoms with Gasteiger partial charge in [0.05, 0.1) is 0 Å². The summed E-state index contributed by atoms with van der Waals surface area (Å²) in [6.45, 7) is 2.95. The number of ether oxygens (including phenoxy) is 2. The zero-order valence-corrected chi connectivity index (χ0v) is 9.08. The molecular weight excluding hydrogens is 182 g/mol. The lowest BCUT2D eigenvalue weighted by Gasteiger charge is -2.22. The van der Waals surface area contributed by atoms with Crippen molar-refractivity contribution in [2.45, 2.75) is 12.8 Å². The number of nitrogens with one attached hydrogen (secondary N) is 1. The molecule has 0 fully saturated rings. The summed E-state index contributed by atoms with van der Waals surface area (Å²) < 4.78 is 9.87. The Morgan fingerprint density at radius 1 is 1.14 bits per heavy atom. The topological polar surface area (TPSA) is 71.6 Å². The van der Waals surface area contributed by atoms with E-state index < -0.39 is 0 Å². The second-order valence-electron chi connectivity index (χ2n) is 3.06. The lowest BCUT2D eigenvalue weighted by atomic mass is 10.3. The van der Waals surface area contributed by atoms with Crippen LogP contribution in [0.2, 0.25) is 0 Å². The predicted molar refractivity (Wildman–Crippen MR) is 56.5 cm³/mol. The molecule has 0 aliphatic carbocycles. The van der Waals surface area contributed by atoms with Crippen molar-refractivity contribution in [2.75, 3.05) is 40.5 Å². The van der Waals surface area contributed by atoms with E-state index >= 15 is 0 Å². The van der Waals surface area contributed by atoms with Gasteiger partial charge in [-0.3, -0.25) is 5.41 Å². The monoisotopic (exact) mass is 203 g/mol. The molecule has 5 nitrogen and oxygen atoms in total. The van der Waals surface area contributed by atoms with Gasteiger partial charge in [-0.2, -0.15) is 0 Å². The van der Waals surface area contributed by atoms with Crippen molar-refractivity contribution in [2.24, 2.45) is 5.73 Å². The van der Waals surface area contributed by atoms with Gasteiger partial charge in [0, 0.05) is 40.5 Å².